The van der Waals surface area contributed by atoms with Crippen LogP contribution in [0.2, 0.25) is 0 Å². The summed E-state index contributed by atoms with van der Waals surface area (Å²) in [5.74, 6) is 0.700. The maximum atomic E-state index is 12.4. The molecule has 1 N–H and O–H groups in total. The molecule has 0 aliphatic heterocycles. The van der Waals surface area contributed by atoms with E-state index in [1.807, 2.05) is 13.8 Å². The summed E-state index contributed by atoms with van der Waals surface area (Å²) < 4.78 is 34.6. The molecule has 0 aliphatic carbocycles. The van der Waals surface area contributed by atoms with E-state index in [1.165, 1.54) is 0 Å². The van der Waals surface area contributed by atoms with Gasteiger partial charge in [0.2, 0.25) is 10.0 Å². The number of hydrogen-bond donors (Lipinski definition) is 1. The van der Waals surface area contributed by atoms with Gasteiger partial charge in [-0.2, -0.15) is 5.10 Å². The summed E-state index contributed by atoms with van der Waals surface area (Å²) in [6, 6.07) is 6.40. The molecule has 6 nitrogen and oxygen atoms in total. The molecule has 0 saturated carbocycles. The maximum absolute atomic E-state index is 12.4. The van der Waals surface area contributed by atoms with Gasteiger partial charge in [-0.1, -0.05) is 0 Å². The summed E-state index contributed by atoms with van der Waals surface area (Å²) in [6.45, 7) is 6.55. The number of hydrogen-bond acceptors (Lipinski definition) is 4. The minimum Gasteiger partial charge on any atom is -0.494 e. The first-order chi connectivity index (χ1) is 10.4. The van der Waals surface area contributed by atoms with Crippen molar-refractivity contribution in [1.29, 1.82) is 0 Å². The number of rotatable bonds is 7. The van der Waals surface area contributed by atoms with Gasteiger partial charge in [0.1, 0.15) is 5.75 Å². The number of ether oxygens (including phenoxy) is 1. The van der Waals surface area contributed by atoms with Crippen LogP contribution in [-0.2, 0) is 16.6 Å². The lowest BCUT2D eigenvalue weighted by Gasteiger charge is -2.15. The Morgan fingerprint density at radius 2 is 2.18 bits per heavy atom. The molecule has 0 bridgehead atoms. The molecule has 0 saturated heterocycles. The average molecular weight is 323 g/mol. The Labute approximate surface area is 131 Å². The number of sulfonamides is 1. The van der Waals surface area contributed by atoms with E-state index in [0.29, 0.717) is 18.9 Å². The summed E-state index contributed by atoms with van der Waals surface area (Å²) >= 11 is 0. The quantitative estimate of drug-likeness (QED) is 0.845. The molecule has 1 atom stereocenters. The fourth-order valence-electron chi connectivity index (χ4n) is 2.17. The van der Waals surface area contributed by atoms with E-state index >= 15 is 0 Å². The van der Waals surface area contributed by atoms with Gasteiger partial charge in [0.05, 0.1) is 18.0 Å². The van der Waals surface area contributed by atoms with Crippen LogP contribution < -0.4 is 9.46 Å². The molecule has 1 aromatic carbocycles. The van der Waals surface area contributed by atoms with Gasteiger partial charge in [0, 0.05) is 18.4 Å². The summed E-state index contributed by atoms with van der Waals surface area (Å²) in [5.41, 5.74) is 0.796. The zero-order valence-electron chi connectivity index (χ0n) is 13.0. The molecule has 0 aliphatic rings. The average Bonchev–Trinajstić information content (AvgIpc) is 2.93. The minimum atomic E-state index is -3.56. The molecule has 1 heterocycles. The van der Waals surface area contributed by atoms with Crippen molar-refractivity contribution in [3.8, 4) is 5.75 Å². The van der Waals surface area contributed by atoms with Gasteiger partial charge in [0.15, 0.2) is 0 Å². The van der Waals surface area contributed by atoms with Crippen LogP contribution in [0.5, 0.6) is 5.75 Å². The van der Waals surface area contributed by atoms with E-state index in [0.717, 1.165) is 5.56 Å². The molecule has 2 rings (SSSR count). The molecule has 0 fully saturated rings. The molecule has 7 heteroatoms. The molecule has 22 heavy (non-hydrogen) atoms. The van der Waals surface area contributed by atoms with Crippen molar-refractivity contribution in [2.24, 2.45) is 0 Å². The molecular formula is C15H21N3O3S. The Morgan fingerprint density at radius 1 is 1.41 bits per heavy atom. The second kappa shape index (κ2) is 6.93. The van der Waals surface area contributed by atoms with Gasteiger partial charge in [-0.25, -0.2) is 13.1 Å². The zero-order chi connectivity index (χ0) is 16.2. The van der Waals surface area contributed by atoms with Crippen LogP contribution in [0.3, 0.4) is 0 Å². The third kappa shape index (κ3) is 4.08. The van der Waals surface area contributed by atoms with E-state index in [2.05, 4.69) is 9.82 Å². The Morgan fingerprint density at radius 3 is 2.77 bits per heavy atom. The fraction of sp³-hybridized carbons (Fsp3) is 0.400. The first-order valence-electron chi connectivity index (χ1n) is 7.15. The smallest absolute Gasteiger partial charge is 0.240 e. The Kier molecular flexibility index (Phi) is 5.20. The summed E-state index contributed by atoms with van der Waals surface area (Å²) in [7, 11) is -3.56. The van der Waals surface area contributed by atoms with Crippen molar-refractivity contribution in [3.63, 3.8) is 0 Å². The molecule has 120 valence electrons. The number of benzene rings is 1. The van der Waals surface area contributed by atoms with Crippen LogP contribution in [0.25, 0.3) is 0 Å². The summed E-state index contributed by atoms with van der Waals surface area (Å²) in [4.78, 5) is 0.237. The first-order valence-corrected chi connectivity index (χ1v) is 8.64. The van der Waals surface area contributed by atoms with Crippen LogP contribution in [-0.4, -0.2) is 30.8 Å². The van der Waals surface area contributed by atoms with Crippen LogP contribution >= 0.6 is 0 Å². The molecular weight excluding hydrogens is 302 g/mol. The second-order valence-electron chi connectivity index (χ2n) is 5.11. The molecule has 0 amide bonds. The Hall–Kier alpha value is -1.86. The van der Waals surface area contributed by atoms with E-state index in [9.17, 15) is 8.42 Å². The lowest BCUT2D eigenvalue weighted by Crippen LogP contribution is -2.35. The topological polar surface area (TPSA) is 73.2 Å². The van der Waals surface area contributed by atoms with Crippen molar-refractivity contribution in [1.82, 2.24) is 14.5 Å². The normalized spacial score (nSPS) is 13.0. The highest BCUT2D eigenvalue weighted by atomic mass is 32.2. The predicted octanol–water partition coefficient (Wildman–Crippen LogP) is 1.96. The van der Waals surface area contributed by atoms with Gasteiger partial charge in [-0.05, 0) is 50.6 Å². The molecule has 0 spiro atoms. The molecule has 1 aromatic heterocycles. The van der Waals surface area contributed by atoms with Crippen LogP contribution in [0.1, 0.15) is 19.4 Å². The number of nitrogens with one attached hydrogen (secondary N) is 1. The Balaban J connectivity index is 2.11. The van der Waals surface area contributed by atoms with Crippen molar-refractivity contribution in [2.75, 3.05) is 6.61 Å². The molecule has 0 unspecified atom stereocenters. The van der Waals surface area contributed by atoms with E-state index in [-0.39, 0.29) is 10.9 Å². The summed E-state index contributed by atoms with van der Waals surface area (Å²) in [5, 5.41) is 4.07. The zero-order valence-corrected chi connectivity index (χ0v) is 13.8. The fourth-order valence-corrected chi connectivity index (χ4v) is 3.49. The van der Waals surface area contributed by atoms with Crippen LogP contribution in [0, 0.1) is 6.92 Å². The number of aromatic nitrogens is 2. The van der Waals surface area contributed by atoms with Crippen molar-refractivity contribution < 1.29 is 13.2 Å². The number of nitrogens with zero attached hydrogens (tertiary/aromatic N) is 2. The van der Waals surface area contributed by atoms with E-state index < -0.39 is 10.0 Å². The van der Waals surface area contributed by atoms with Crippen LogP contribution in [0.15, 0.2) is 41.6 Å². The first kappa shape index (κ1) is 16.5. The van der Waals surface area contributed by atoms with Crippen LogP contribution in [0.4, 0.5) is 0 Å². The standard InChI is InChI=1S/C15H21N3O3S/c1-4-21-15-7-6-14(10-12(15)2)22(19,20)17-13(3)11-18-9-5-8-16-18/h5-10,13,17H,4,11H2,1-3H3/t13-/m0/s1. The van der Waals surface area contributed by atoms with Crippen molar-refractivity contribution in [2.45, 2.75) is 38.3 Å². The van der Waals surface area contributed by atoms with Gasteiger partial charge in [0.25, 0.3) is 0 Å². The number of aryl methyl sites for hydroxylation is 1. The maximum Gasteiger partial charge on any atom is 0.240 e. The van der Waals surface area contributed by atoms with Gasteiger partial charge in [-0.15, -0.1) is 0 Å². The van der Waals surface area contributed by atoms with Crippen molar-refractivity contribution >= 4 is 10.0 Å². The van der Waals surface area contributed by atoms with E-state index in [1.54, 1.807) is 48.3 Å². The van der Waals surface area contributed by atoms with E-state index in [4.69, 9.17) is 4.74 Å². The van der Waals surface area contributed by atoms with Crippen molar-refractivity contribution in [3.05, 3.63) is 42.2 Å². The molecule has 0 radical (unpaired) electrons. The predicted molar refractivity (Wildman–Crippen MR) is 84.4 cm³/mol. The van der Waals surface area contributed by atoms with Gasteiger partial charge in [-0.3, -0.25) is 4.68 Å². The second-order valence-corrected chi connectivity index (χ2v) is 6.82. The van der Waals surface area contributed by atoms with Gasteiger partial charge < -0.3 is 4.74 Å². The minimum absolute atomic E-state index is 0.237. The third-order valence-corrected chi connectivity index (χ3v) is 4.72. The monoisotopic (exact) mass is 323 g/mol. The lowest BCUT2D eigenvalue weighted by molar-refractivity contribution is 0.337. The third-order valence-electron chi connectivity index (χ3n) is 3.13. The lowest BCUT2D eigenvalue weighted by atomic mass is 10.2. The molecule has 2 aromatic rings. The highest BCUT2D eigenvalue weighted by Gasteiger charge is 2.18. The SMILES string of the molecule is CCOc1ccc(S(=O)(=O)N[C@@H](C)Cn2cccn2)cc1C. The highest BCUT2D eigenvalue weighted by Crippen LogP contribution is 2.21. The Bertz CT molecular complexity index is 712. The highest BCUT2D eigenvalue weighted by molar-refractivity contribution is 7.89. The summed E-state index contributed by atoms with van der Waals surface area (Å²) in [6.07, 6.45) is 3.46. The largest absolute Gasteiger partial charge is 0.494 e. The van der Waals surface area contributed by atoms with Gasteiger partial charge >= 0.3 is 0 Å².